The maximum Gasteiger partial charge on any atom is 0.409 e. The number of carbonyl (C=O) groups is 2. The molecule has 1 heterocycles. The third-order valence-electron chi connectivity index (χ3n) is 3.44. The van der Waals surface area contributed by atoms with E-state index in [1.807, 2.05) is 13.8 Å². The van der Waals surface area contributed by atoms with E-state index in [9.17, 15) is 9.59 Å². The van der Waals surface area contributed by atoms with Crippen LogP contribution in [0.5, 0.6) is 0 Å². The van der Waals surface area contributed by atoms with Gasteiger partial charge in [0.2, 0.25) is 5.91 Å². The van der Waals surface area contributed by atoms with Gasteiger partial charge in [0.1, 0.15) is 0 Å². The molecule has 0 saturated carbocycles. The molecule has 1 rings (SSSR count). The normalized spacial score (nSPS) is 16.3. The molecule has 2 amide bonds. The first-order valence-corrected chi connectivity index (χ1v) is 8.19. The number of hydrogen-bond acceptors (Lipinski definition) is 4. The Bertz CT molecular complexity index is 417. The van der Waals surface area contributed by atoms with Crippen LogP contribution in [0.25, 0.3) is 0 Å². The third kappa shape index (κ3) is 7.71. The number of amides is 2. The smallest absolute Gasteiger partial charge is 0.409 e. The summed E-state index contributed by atoms with van der Waals surface area (Å²) >= 11 is 0. The molecule has 0 spiro atoms. The molecule has 0 radical (unpaired) electrons. The summed E-state index contributed by atoms with van der Waals surface area (Å²) in [5.41, 5.74) is 5.84. The van der Waals surface area contributed by atoms with Gasteiger partial charge < -0.3 is 26.0 Å². The van der Waals surface area contributed by atoms with Crippen LogP contribution in [0.4, 0.5) is 4.79 Å². The van der Waals surface area contributed by atoms with Crippen LogP contribution in [0.2, 0.25) is 0 Å². The lowest BCUT2D eigenvalue weighted by atomic mass is 10.1. The van der Waals surface area contributed by atoms with Crippen LogP contribution in [-0.2, 0) is 9.53 Å². The van der Waals surface area contributed by atoms with Crippen molar-refractivity contribution < 1.29 is 14.3 Å². The quantitative estimate of drug-likeness (QED) is 0.484. The van der Waals surface area contributed by atoms with Gasteiger partial charge in [-0.3, -0.25) is 9.79 Å². The van der Waals surface area contributed by atoms with Gasteiger partial charge in [-0.1, -0.05) is 0 Å². The van der Waals surface area contributed by atoms with E-state index in [4.69, 9.17) is 10.5 Å². The average Bonchev–Trinajstić information content (AvgIpc) is 2.47. The molecule has 1 fully saturated rings. The summed E-state index contributed by atoms with van der Waals surface area (Å²) in [6.07, 6.45) is 1.65. The zero-order valence-corrected chi connectivity index (χ0v) is 14.3. The topological polar surface area (TPSA) is 109 Å². The highest BCUT2D eigenvalue weighted by atomic mass is 16.6. The van der Waals surface area contributed by atoms with Gasteiger partial charge in [0, 0.05) is 31.6 Å². The van der Waals surface area contributed by atoms with Gasteiger partial charge in [-0.2, -0.15) is 0 Å². The largest absolute Gasteiger partial charge is 0.450 e. The fourth-order valence-corrected chi connectivity index (χ4v) is 2.35. The third-order valence-corrected chi connectivity index (χ3v) is 3.44. The van der Waals surface area contributed by atoms with E-state index in [-0.39, 0.29) is 24.1 Å². The Labute approximate surface area is 137 Å². The second-order valence-electron chi connectivity index (χ2n) is 5.84. The summed E-state index contributed by atoms with van der Waals surface area (Å²) in [7, 11) is 0. The van der Waals surface area contributed by atoms with Gasteiger partial charge in [0.05, 0.1) is 13.2 Å². The second-order valence-corrected chi connectivity index (χ2v) is 5.84. The van der Waals surface area contributed by atoms with Crippen LogP contribution >= 0.6 is 0 Å². The van der Waals surface area contributed by atoms with Gasteiger partial charge in [0.15, 0.2) is 5.96 Å². The van der Waals surface area contributed by atoms with E-state index < -0.39 is 0 Å². The molecule has 8 nitrogen and oxygen atoms in total. The molecule has 0 bridgehead atoms. The lowest BCUT2D eigenvalue weighted by Crippen LogP contribution is -2.48. The first kappa shape index (κ1) is 19.1. The second kappa shape index (κ2) is 9.91. The number of likely N-dealkylation sites (tertiary alicyclic amines) is 1. The summed E-state index contributed by atoms with van der Waals surface area (Å²) in [5, 5.41) is 5.95. The van der Waals surface area contributed by atoms with Gasteiger partial charge in [0.25, 0.3) is 0 Å². The van der Waals surface area contributed by atoms with E-state index in [0.717, 1.165) is 12.8 Å². The lowest BCUT2D eigenvalue weighted by Gasteiger charge is -2.31. The number of hydrogen-bond donors (Lipinski definition) is 3. The van der Waals surface area contributed by atoms with Crippen LogP contribution in [0, 0.1) is 0 Å². The van der Waals surface area contributed by atoms with Crippen LogP contribution in [-0.4, -0.2) is 61.2 Å². The average molecular weight is 327 g/mol. The molecule has 132 valence electrons. The van der Waals surface area contributed by atoms with Gasteiger partial charge in [-0.05, 0) is 33.6 Å². The van der Waals surface area contributed by atoms with Gasteiger partial charge in [-0.25, -0.2) is 4.79 Å². The molecule has 0 aromatic rings. The first-order valence-electron chi connectivity index (χ1n) is 8.19. The number of ether oxygens (including phenoxy) is 1. The van der Waals surface area contributed by atoms with Crippen LogP contribution in [0.3, 0.4) is 0 Å². The Morgan fingerprint density at radius 2 is 2.00 bits per heavy atom. The SMILES string of the molecule is CCOC(=O)N1CCC(NC(N)=NCCC(=O)NC(C)C)CC1. The number of carbonyl (C=O) groups excluding carboxylic acids is 2. The molecule has 1 aliphatic rings. The van der Waals surface area contributed by atoms with Crippen molar-refractivity contribution in [1.82, 2.24) is 15.5 Å². The monoisotopic (exact) mass is 327 g/mol. The number of guanidine groups is 1. The number of nitrogens with one attached hydrogen (secondary N) is 2. The predicted molar refractivity (Wildman–Crippen MR) is 89.1 cm³/mol. The molecule has 0 atom stereocenters. The number of rotatable bonds is 6. The minimum absolute atomic E-state index is 0.0284. The van der Waals surface area contributed by atoms with Crippen molar-refractivity contribution in [3.63, 3.8) is 0 Å². The van der Waals surface area contributed by atoms with E-state index in [1.165, 1.54) is 0 Å². The number of nitrogens with zero attached hydrogens (tertiary/aromatic N) is 2. The highest BCUT2D eigenvalue weighted by Gasteiger charge is 2.23. The van der Waals surface area contributed by atoms with Crippen molar-refractivity contribution in [3.8, 4) is 0 Å². The Balaban J connectivity index is 2.25. The minimum Gasteiger partial charge on any atom is -0.450 e. The number of nitrogens with two attached hydrogens (primary N) is 1. The van der Waals surface area contributed by atoms with Crippen LogP contribution in [0.1, 0.15) is 40.0 Å². The summed E-state index contributed by atoms with van der Waals surface area (Å²) in [4.78, 5) is 29.0. The Kier molecular flexibility index (Phi) is 8.21. The molecule has 23 heavy (non-hydrogen) atoms. The molecule has 0 aliphatic carbocycles. The van der Waals surface area contributed by atoms with Crippen molar-refractivity contribution in [2.45, 2.75) is 52.1 Å². The fourth-order valence-electron chi connectivity index (χ4n) is 2.35. The van der Waals surface area contributed by atoms with Crippen molar-refractivity contribution in [2.24, 2.45) is 10.7 Å². The maximum absolute atomic E-state index is 11.6. The zero-order chi connectivity index (χ0) is 17.2. The first-order chi connectivity index (χ1) is 10.9. The molecule has 0 aromatic carbocycles. The Morgan fingerprint density at radius 1 is 1.35 bits per heavy atom. The van der Waals surface area contributed by atoms with Crippen molar-refractivity contribution in [3.05, 3.63) is 0 Å². The molecule has 0 aromatic heterocycles. The molecular weight excluding hydrogens is 298 g/mol. The van der Waals surface area contributed by atoms with Crippen molar-refractivity contribution >= 4 is 18.0 Å². The van der Waals surface area contributed by atoms with Crippen molar-refractivity contribution in [1.29, 1.82) is 0 Å². The van der Waals surface area contributed by atoms with Crippen LogP contribution in [0.15, 0.2) is 4.99 Å². The summed E-state index contributed by atoms with van der Waals surface area (Å²) < 4.78 is 4.98. The van der Waals surface area contributed by atoms with Crippen molar-refractivity contribution in [2.75, 3.05) is 26.2 Å². The zero-order valence-electron chi connectivity index (χ0n) is 14.3. The van der Waals surface area contributed by atoms with E-state index >= 15 is 0 Å². The molecular formula is C15H29N5O3. The Morgan fingerprint density at radius 3 is 2.57 bits per heavy atom. The summed E-state index contributed by atoms with van der Waals surface area (Å²) in [5.74, 6) is 0.316. The van der Waals surface area contributed by atoms with Crippen LogP contribution < -0.4 is 16.4 Å². The van der Waals surface area contributed by atoms with E-state index in [0.29, 0.717) is 38.6 Å². The number of piperidine rings is 1. The molecule has 1 saturated heterocycles. The van der Waals surface area contributed by atoms with Gasteiger partial charge in [-0.15, -0.1) is 0 Å². The molecule has 0 unspecified atom stereocenters. The maximum atomic E-state index is 11.6. The highest BCUT2D eigenvalue weighted by Crippen LogP contribution is 2.11. The summed E-state index contributed by atoms with van der Waals surface area (Å²) in [6, 6.07) is 0.320. The van der Waals surface area contributed by atoms with Gasteiger partial charge >= 0.3 is 6.09 Å². The predicted octanol–water partition coefficient (Wildman–Crippen LogP) is 0.426. The number of aliphatic imine (C=N–C) groups is 1. The minimum atomic E-state index is -0.260. The fraction of sp³-hybridized carbons (Fsp3) is 0.800. The summed E-state index contributed by atoms with van der Waals surface area (Å²) in [6.45, 7) is 7.66. The molecule has 1 aliphatic heterocycles. The molecule has 4 N–H and O–H groups in total. The van der Waals surface area contributed by atoms with E-state index in [1.54, 1.807) is 11.8 Å². The standard InChI is InChI=1S/C15H29N5O3/c1-4-23-15(22)20-9-6-12(7-10-20)19-14(16)17-8-5-13(21)18-11(2)3/h11-12H,4-10H2,1-3H3,(H,18,21)(H3,16,17,19). The Hall–Kier alpha value is -1.99. The van der Waals surface area contributed by atoms with E-state index in [2.05, 4.69) is 15.6 Å². The molecule has 8 heteroatoms. The lowest BCUT2D eigenvalue weighted by molar-refractivity contribution is -0.121. The highest BCUT2D eigenvalue weighted by molar-refractivity contribution is 5.79.